The summed E-state index contributed by atoms with van der Waals surface area (Å²) in [6, 6.07) is 7.76. The standard InChI is InChI=1S/C14H16ClNO2S/c15-11-5-3-10(4-6-11)14-16(7-9-19-14)13(17)12-2-1-8-18-12/h3-6,12,14H,1-2,7-9H2. The molecule has 5 heteroatoms. The van der Waals surface area contributed by atoms with E-state index >= 15 is 0 Å². The van der Waals surface area contributed by atoms with Gasteiger partial charge in [-0.3, -0.25) is 4.79 Å². The molecule has 1 aromatic rings. The van der Waals surface area contributed by atoms with Crippen molar-refractivity contribution in [2.24, 2.45) is 0 Å². The predicted molar refractivity (Wildman–Crippen MR) is 77.3 cm³/mol. The fraction of sp³-hybridized carbons (Fsp3) is 0.500. The van der Waals surface area contributed by atoms with Crippen molar-refractivity contribution in [1.82, 2.24) is 4.90 Å². The van der Waals surface area contributed by atoms with E-state index in [2.05, 4.69) is 0 Å². The summed E-state index contributed by atoms with van der Waals surface area (Å²) in [6.07, 6.45) is 1.62. The molecule has 0 saturated carbocycles. The molecule has 2 aliphatic rings. The molecule has 2 aliphatic heterocycles. The quantitative estimate of drug-likeness (QED) is 0.840. The average Bonchev–Trinajstić information content (AvgIpc) is 3.10. The zero-order valence-corrected chi connectivity index (χ0v) is 12.1. The van der Waals surface area contributed by atoms with Crippen molar-refractivity contribution in [2.45, 2.75) is 24.3 Å². The number of carbonyl (C=O) groups is 1. The van der Waals surface area contributed by atoms with E-state index in [1.54, 1.807) is 11.8 Å². The highest BCUT2D eigenvalue weighted by atomic mass is 35.5. The second kappa shape index (κ2) is 5.73. The van der Waals surface area contributed by atoms with Crippen molar-refractivity contribution < 1.29 is 9.53 Å². The highest BCUT2D eigenvalue weighted by molar-refractivity contribution is 7.99. The van der Waals surface area contributed by atoms with Crippen molar-refractivity contribution in [3.8, 4) is 0 Å². The molecule has 2 heterocycles. The van der Waals surface area contributed by atoms with Crippen LogP contribution in [0.25, 0.3) is 0 Å². The third-order valence-electron chi connectivity index (χ3n) is 3.53. The van der Waals surface area contributed by atoms with E-state index in [-0.39, 0.29) is 17.4 Å². The molecule has 2 unspecified atom stereocenters. The lowest BCUT2D eigenvalue weighted by Gasteiger charge is -2.26. The molecule has 1 aromatic carbocycles. The van der Waals surface area contributed by atoms with Crippen LogP contribution >= 0.6 is 23.4 Å². The number of halogens is 1. The summed E-state index contributed by atoms with van der Waals surface area (Å²) in [5.74, 6) is 1.12. The lowest BCUT2D eigenvalue weighted by atomic mass is 10.1. The van der Waals surface area contributed by atoms with Crippen molar-refractivity contribution in [3.05, 3.63) is 34.9 Å². The number of nitrogens with zero attached hydrogens (tertiary/aromatic N) is 1. The van der Waals surface area contributed by atoms with Crippen molar-refractivity contribution >= 4 is 29.3 Å². The topological polar surface area (TPSA) is 29.5 Å². The summed E-state index contributed by atoms with van der Waals surface area (Å²) in [5.41, 5.74) is 1.14. The second-order valence-electron chi connectivity index (χ2n) is 4.81. The van der Waals surface area contributed by atoms with E-state index in [4.69, 9.17) is 16.3 Å². The summed E-state index contributed by atoms with van der Waals surface area (Å²) < 4.78 is 5.51. The van der Waals surface area contributed by atoms with Crippen LogP contribution in [0.3, 0.4) is 0 Å². The minimum absolute atomic E-state index is 0.106. The van der Waals surface area contributed by atoms with Gasteiger partial charge in [0.15, 0.2) is 0 Å². The van der Waals surface area contributed by atoms with Gasteiger partial charge in [-0.25, -0.2) is 0 Å². The summed E-state index contributed by atoms with van der Waals surface area (Å²) in [7, 11) is 0. The molecule has 2 atom stereocenters. The third kappa shape index (κ3) is 2.76. The molecule has 0 bridgehead atoms. The van der Waals surface area contributed by atoms with Gasteiger partial charge in [0, 0.05) is 23.9 Å². The first-order valence-electron chi connectivity index (χ1n) is 6.55. The zero-order valence-electron chi connectivity index (χ0n) is 10.5. The molecule has 2 saturated heterocycles. The van der Waals surface area contributed by atoms with Crippen LogP contribution in [0.5, 0.6) is 0 Å². The number of ether oxygens (including phenoxy) is 1. The molecular formula is C14H16ClNO2S. The average molecular weight is 298 g/mol. The van der Waals surface area contributed by atoms with E-state index in [0.29, 0.717) is 6.61 Å². The Bertz CT molecular complexity index is 459. The first kappa shape index (κ1) is 13.3. The normalized spacial score (nSPS) is 26.9. The number of rotatable bonds is 2. The van der Waals surface area contributed by atoms with E-state index in [1.807, 2.05) is 29.2 Å². The maximum atomic E-state index is 12.5. The maximum Gasteiger partial charge on any atom is 0.252 e. The van der Waals surface area contributed by atoms with Gasteiger partial charge < -0.3 is 9.64 Å². The highest BCUT2D eigenvalue weighted by Gasteiger charge is 2.36. The van der Waals surface area contributed by atoms with Gasteiger partial charge in [-0.15, -0.1) is 11.8 Å². The van der Waals surface area contributed by atoms with Crippen molar-refractivity contribution in [1.29, 1.82) is 0 Å². The molecule has 19 heavy (non-hydrogen) atoms. The van der Waals surface area contributed by atoms with Crippen LogP contribution in [0.2, 0.25) is 5.02 Å². The molecule has 0 aromatic heterocycles. The molecule has 0 aliphatic carbocycles. The van der Waals surface area contributed by atoms with Gasteiger partial charge in [0.1, 0.15) is 11.5 Å². The highest BCUT2D eigenvalue weighted by Crippen LogP contribution is 2.39. The molecule has 3 rings (SSSR count). The number of benzene rings is 1. The van der Waals surface area contributed by atoms with E-state index in [9.17, 15) is 4.79 Å². The van der Waals surface area contributed by atoms with E-state index in [1.165, 1.54) is 0 Å². The number of amides is 1. The van der Waals surface area contributed by atoms with Crippen LogP contribution in [-0.4, -0.2) is 35.8 Å². The van der Waals surface area contributed by atoms with Crippen LogP contribution in [0.4, 0.5) is 0 Å². The van der Waals surface area contributed by atoms with Crippen LogP contribution < -0.4 is 0 Å². The largest absolute Gasteiger partial charge is 0.368 e. The second-order valence-corrected chi connectivity index (χ2v) is 6.43. The van der Waals surface area contributed by atoms with E-state index < -0.39 is 0 Å². The Labute approximate surface area is 122 Å². The lowest BCUT2D eigenvalue weighted by Crippen LogP contribution is -2.38. The Morgan fingerprint density at radius 2 is 2.16 bits per heavy atom. The minimum atomic E-state index is -0.228. The number of thioether (sulfide) groups is 1. The predicted octanol–water partition coefficient (Wildman–Crippen LogP) is 3.09. The SMILES string of the molecule is O=C(C1CCCO1)N1CCSC1c1ccc(Cl)cc1. The first-order chi connectivity index (χ1) is 9.25. The van der Waals surface area contributed by atoms with Gasteiger partial charge in [0.05, 0.1) is 0 Å². The van der Waals surface area contributed by atoms with Gasteiger partial charge >= 0.3 is 0 Å². The summed E-state index contributed by atoms with van der Waals surface area (Å²) in [4.78, 5) is 14.4. The summed E-state index contributed by atoms with van der Waals surface area (Å²) in [6.45, 7) is 1.51. The molecule has 0 N–H and O–H groups in total. The monoisotopic (exact) mass is 297 g/mol. The van der Waals surface area contributed by atoms with Crippen molar-refractivity contribution in [2.75, 3.05) is 18.9 Å². The molecule has 0 spiro atoms. The van der Waals surface area contributed by atoms with Crippen LogP contribution in [0.1, 0.15) is 23.8 Å². The molecular weight excluding hydrogens is 282 g/mol. The van der Waals surface area contributed by atoms with Gasteiger partial charge in [-0.2, -0.15) is 0 Å². The Morgan fingerprint density at radius 1 is 1.37 bits per heavy atom. The van der Waals surface area contributed by atoms with Crippen LogP contribution in [-0.2, 0) is 9.53 Å². The fourth-order valence-corrected chi connectivity index (χ4v) is 3.95. The zero-order chi connectivity index (χ0) is 13.2. The molecule has 1 amide bonds. The van der Waals surface area contributed by atoms with Gasteiger partial charge in [0.2, 0.25) is 0 Å². The van der Waals surface area contributed by atoms with E-state index in [0.717, 1.165) is 35.7 Å². The summed E-state index contributed by atoms with van der Waals surface area (Å²) >= 11 is 7.72. The maximum absolute atomic E-state index is 12.5. The number of hydrogen-bond acceptors (Lipinski definition) is 3. The molecule has 102 valence electrons. The minimum Gasteiger partial charge on any atom is -0.368 e. The third-order valence-corrected chi connectivity index (χ3v) is 5.05. The van der Waals surface area contributed by atoms with Gasteiger partial charge in [-0.05, 0) is 30.5 Å². The Balaban J connectivity index is 1.77. The van der Waals surface area contributed by atoms with Crippen LogP contribution in [0, 0.1) is 0 Å². The van der Waals surface area contributed by atoms with Gasteiger partial charge in [0.25, 0.3) is 5.91 Å². The lowest BCUT2D eigenvalue weighted by molar-refractivity contribution is -0.141. The molecule has 3 nitrogen and oxygen atoms in total. The Hall–Kier alpha value is -0.710. The smallest absolute Gasteiger partial charge is 0.252 e. The summed E-state index contributed by atoms with van der Waals surface area (Å²) in [5, 5.41) is 0.831. The van der Waals surface area contributed by atoms with Crippen LogP contribution in [0.15, 0.2) is 24.3 Å². The van der Waals surface area contributed by atoms with Crippen molar-refractivity contribution in [3.63, 3.8) is 0 Å². The fourth-order valence-electron chi connectivity index (χ4n) is 2.56. The van der Waals surface area contributed by atoms with Gasteiger partial charge in [-0.1, -0.05) is 23.7 Å². The number of hydrogen-bond donors (Lipinski definition) is 0. The Morgan fingerprint density at radius 3 is 2.84 bits per heavy atom. The number of carbonyl (C=O) groups excluding carboxylic acids is 1. The first-order valence-corrected chi connectivity index (χ1v) is 7.97. The molecule has 2 fully saturated rings. The molecule has 0 radical (unpaired) electrons. The Kier molecular flexibility index (Phi) is 4.01.